The summed E-state index contributed by atoms with van der Waals surface area (Å²) in [7, 11) is 0. The minimum Gasteiger partial charge on any atom is -0.347 e. The first-order valence-electron chi connectivity index (χ1n) is 10.1. The Labute approximate surface area is 185 Å². The molecule has 6 nitrogen and oxygen atoms in total. The van der Waals surface area contributed by atoms with Gasteiger partial charge in [0.1, 0.15) is 17.5 Å². The smallest absolute Gasteiger partial charge is 0.227 e. The average molecular weight is 457 g/mol. The molecule has 1 amide bonds. The third-order valence-electron chi connectivity index (χ3n) is 5.50. The Bertz CT molecular complexity index is 1250. The number of anilines is 2. The summed E-state index contributed by atoms with van der Waals surface area (Å²) in [5.74, 6) is -2.30. The first-order valence-corrected chi connectivity index (χ1v) is 10.9. The van der Waals surface area contributed by atoms with Crippen molar-refractivity contribution in [2.45, 2.75) is 12.8 Å². The van der Waals surface area contributed by atoms with Crippen molar-refractivity contribution in [1.82, 2.24) is 14.6 Å². The number of halogens is 3. The molecule has 0 saturated carbocycles. The molecule has 1 saturated heterocycles. The summed E-state index contributed by atoms with van der Waals surface area (Å²) in [4.78, 5) is 19.9. The number of benzene rings is 2. The van der Waals surface area contributed by atoms with Gasteiger partial charge in [0.2, 0.25) is 16.0 Å². The summed E-state index contributed by atoms with van der Waals surface area (Å²) in [6, 6.07) is 9.23. The molecule has 1 N–H and O–H groups in total. The molecule has 0 atom stereocenters. The van der Waals surface area contributed by atoms with Crippen LogP contribution in [0.5, 0.6) is 0 Å². The van der Waals surface area contributed by atoms with Crippen LogP contribution in [0.15, 0.2) is 48.7 Å². The number of carbonyl (C=O) groups is 1. The summed E-state index contributed by atoms with van der Waals surface area (Å²) in [6.07, 6.45) is 2.99. The summed E-state index contributed by atoms with van der Waals surface area (Å²) in [5, 5.41) is 7.96. The van der Waals surface area contributed by atoms with Crippen LogP contribution < -0.4 is 10.2 Å². The van der Waals surface area contributed by atoms with E-state index >= 15 is 0 Å². The van der Waals surface area contributed by atoms with E-state index in [1.165, 1.54) is 29.5 Å². The van der Waals surface area contributed by atoms with Crippen LogP contribution in [-0.4, -0.2) is 33.6 Å². The fraction of sp³-hybridized carbons (Fsp3) is 0.227. The lowest BCUT2D eigenvalue weighted by Gasteiger charge is -2.30. The van der Waals surface area contributed by atoms with Crippen molar-refractivity contribution in [3.8, 4) is 11.3 Å². The number of hydrogen-bond donors (Lipinski definition) is 1. The second-order valence-corrected chi connectivity index (χ2v) is 8.55. The average Bonchev–Trinajstić information content (AvgIpc) is 3.36. The number of carbonyl (C=O) groups excluding carboxylic acids is 1. The number of hydrogen-bond acceptors (Lipinski definition) is 5. The second kappa shape index (κ2) is 8.27. The Kier molecular flexibility index (Phi) is 5.30. The number of nitrogens with one attached hydrogen (secondary N) is 1. The van der Waals surface area contributed by atoms with Crippen LogP contribution in [0.2, 0.25) is 0 Å². The third kappa shape index (κ3) is 4.05. The van der Waals surface area contributed by atoms with Crippen molar-refractivity contribution in [2.75, 3.05) is 23.3 Å². The van der Waals surface area contributed by atoms with Crippen molar-refractivity contribution in [2.24, 2.45) is 5.92 Å². The van der Waals surface area contributed by atoms with E-state index in [9.17, 15) is 18.0 Å². The maximum absolute atomic E-state index is 13.8. The van der Waals surface area contributed by atoms with E-state index in [0.29, 0.717) is 25.9 Å². The highest BCUT2D eigenvalue weighted by atomic mass is 32.1. The minimum absolute atomic E-state index is 0.0167. The number of imidazole rings is 1. The summed E-state index contributed by atoms with van der Waals surface area (Å²) >= 11 is 1.44. The fourth-order valence-corrected chi connectivity index (χ4v) is 4.67. The number of piperidine rings is 1. The lowest BCUT2D eigenvalue weighted by Crippen LogP contribution is -2.38. The van der Waals surface area contributed by atoms with Gasteiger partial charge in [-0.1, -0.05) is 11.3 Å². The number of nitrogens with zero attached hydrogens (tertiary/aromatic N) is 4. The van der Waals surface area contributed by atoms with Crippen LogP contribution >= 0.6 is 11.3 Å². The lowest BCUT2D eigenvalue weighted by atomic mass is 9.96. The molecule has 4 aromatic rings. The van der Waals surface area contributed by atoms with Crippen molar-refractivity contribution in [3.05, 3.63) is 66.1 Å². The topological polar surface area (TPSA) is 62.5 Å². The van der Waals surface area contributed by atoms with Gasteiger partial charge in [-0.25, -0.2) is 22.7 Å². The van der Waals surface area contributed by atoms with Gasteiger partial charge in [-0.3, -0.25) is 4.79 Å². The largest absolute Gasteiger partial charge is 0.347 e. The molecule has 2 aromatic heterocycles. The molecule has 0 aliphatic carbocycles. The van der Waals surface area contributed by atoms with Gasteiger partial charge in [0, 0.05) is 30.6 Å². The molecule has 0 radical (unpaired) electrons. The molecular formula is C22H18F3N5OS. The van der Waals surface area contributed by atoms with E-state index in [4.69, 9.17) is 0 Å². The Hall–Kier alpha value is -3.40. The fourth-order valence-electron chi connectivity index (χ4n) is 3.74. The third-order valence-corrected chi connectivity index (χ3v) is 6.48. The van der Waals surface area contributed by atoms with E-state index in [2.05, 4.69) is 20.3 Å². The number of fused-ring (bicyclic) bond motifs is 1. The molecule has 0 spiro atoms. The van der Waals surface area contributed by atoms with E-state index in [1.807, 2.05) is 0 Å². The zero-order valence-corrected chi connectivity index (χ0v) is 17.6. The predicted molar refractivity (Wildman–Crippen MR) is 116 cm³/mol. The van der Waals surface area contributed by atoms with Gasteiger partial charge >= 0.3 is 0 Å². The Balaban J connectivity index is 1.22. The van der Waals surface area contributed by atoms with E-state index < -0.39 is 11.6 Å². The van der Waals surface area contributed by atoms with E-state index in [-0.39, 0.29) is 23.3 Å². The van der Waals surface area contributed by atoms with Gasteiger partial charge < -0.3 is 10.2 Å². The Morgan fingerprint density at radius 2 is 1.75 bits per heavy atom. The van der Waals surface area contributed by atoms with Gasteiger partial charge in [0.15, 0.2) is 0 Å². The van der Waals surface area contributed by atoms with Crippen LogP contribution in [0, 0.1) is 23.4 Å². The maximum Gasteiger partial charge on any atom is 0.227 e. The van der Waals surface area contributed by atoms with Crippen molar-refractivity contribution in [3.63, 3.8) is 0 Å². The highest BCUT2D eigenvalue weighted by Gasteiger charge is 2.27. The standard InChI is InChI=1S/C22H18F3N5OS/c23-15-3-1-13(2-4-15)19-12-30-21(27-19)32-22(28-30)29-9-7-14(8-10-29)20(31)26-18-6-5-16(24)11-17(18)25/h1-6,11-12,14H,7-10H2,(H,26,31). The predicted octanol–water partition coefficient (Wildman–Crippen LogP) is 4.73. The first-order chi connectivity index (χ1) is 15.5. The molecule has 5 rings (SSSR count). The summed E-state index contributed by atoms with van der Waals surface area (Å²) < 4.78 is 41.7. The monoisotopic (exact) mass is 457 g/mol. The van der Waals surface area contributed by atoms with Gasteiger partial charge in [0.05, 0.1) is 17.6 Å². The van der Waals surface area contributed by atoms with Gasteiger partial charge in [-0.15, -0.1) is 5.10 Å². The highest BCUT2D eigenvalue weighted by molar-refractivity contribution is 7.20. The number of aromatic nitrogens is 3. The molecule has 0 unspecified atom stereocenters. The normalized spacial score (nSPS) is 14.8. The van der Waals surface area contributed by atoms with Crippen molar-refractivity contribution >= 4 is 33.0 Å². The molecule has 32 heavy (non-hydrogen) atoms. The van der Waals surface area contributed by atoms with E-state index in [1.54, 1.807) is 22.8 Å². The zero-order valence-electron chi connectivity index (χ0n) is 16.8. The van der Waals surface area contributed by atoms with Crippen LogP contribution in [-0.2, 0) is 4.79 Å². The molecule has 2 aromatic carbocycles. The van der Waals surface area contributed by atoms with E-state index in [0.717, 1.165) is 33.5 Å². The van der Waals surface area contributed by atoms with Gasteiger partial charge in [-0.2, -0.15) is 0 Å². The molecule has 1 aliphatic heterocycles. The van der Waals surface area contributed by atoms with Crippen molar-refractivity contribution in [1.29, 1.82) is 0 Å². The molecule has 10 heteroatoms. The maximum atomic E-state index is 13.8. The van der Waals surface area contributed by atoms with Crippen LogP contribution in [0.4, 0.5) is 24.0 Å². The minimum atomic E-state index is -0.790. The first kappa shape index (κ1) is 20.5. The van der Waals surface area contributed by atoms with Crippen LogP contribution in [0.25, 0.3) is 16.2 Å². The SMILES string of the molecule is O=C(Nc1ccc(F)cc1F)C1CCN(c2nn3cc(-c4ccc(F)cc4)nc3s2)CC1. The zero-order chi connectivity index (χ0) is 22.2. The van der Waals surface area contributed by atoms with Gasteiger partial charge in [0.25, 0.3) is 0 Å². The summed E-state index contributed by atoms with van der Waals surface area (Å²) in [6.45, 7) is 1.26. The summed E-state index contributed by atoms with van der Waals surface area (Å²) in [5.41, 5.74) is 1.52. The lowest BCUT2D eigenvalue weighted by molar-refractivity contribution is -0.120. The molecule has 3 heterocycles. The van der Waals surface area contributed by atoms with Crippen LogP contribution in [0.1, 0.15) is 12.8 Å². The number of rotatable bonds is 4. The molecule has 164 valence electrons. The Morgan fingerprint density at radius 3 is 2.44 bits per heavy atom. The Morgan fingerprint density at radius 1 is 1.03 bits per heavy atom. The van der Waals surface area contributed by atoms with Crippen molar-refractivity contribution < 1.29 is 18.0 Å². The molecule has 1 aliphatic rings. The molecule has 0 bridgehead atoms. The molecular weight excluding hydrogens is 439 g/mol. The van der Waals surface area contributed by atoms with Gasteiger partial charge in [-0.05, 0) is 49.2 Å². The second-order valence-electron chi connectivity index (χ2n) is 7.62. The van der Waals surface area contributed by atoms with Crippen LogP contribution in [0.3, 0.4) is 0 Å². The quantitative estimate of drug-likeness (QED) is 0.481. The highest BCUT2D eigenvalue weighted by Crippen LogP contribution is 2.30. The number of amides is 1. The molecule has 1 fully saturated rings.